The van der Waals surface area contributed by atoms with Crippen molar-refractivity contribution in [3.8, 4) is 22.9 Å². The first-order chi connectivity index (χ1) is 14.7. The fraction of sp³-hybridized carbons (Fsp3) is 0.167. The lowest BCUT2D eigenvalue weighted by atomic mass is 10.1. The third-order valence-corrected chi connectivity index (χ3v) is 4.90. The van der Waals surface area contributed by atoms with Gasteiger partial charge in [-0.25, -0.2) is 9.78 Å². The third kappa shape index (κ3) is 4.12. The summed E-state index contributed by atoms with van der Waals surface area (Å²) >= 11 is 0. The van der Waals surface area contributed by atoms with E-state index in [0.717, 1.165) is 46.9 Å². The number of fused-ring (bicyclic) bond motifs is 1. The molecule has 0 fully saturated rings. The van der Waals surface area contributed by atoms with Gasteiger partial charge in [-0.3, -0.25) is 0 Å². The molecule has 6 heteroatoms. The maximum Gasteiger partial charge on any atom is 0.335 e. The molecule has 0 unspecified atom stereocenters. The van der Waals surface area contributed by atoms with E-state index < -0.39 is 5.97 Å². The van der Waals surface area contributed by atoms with Crippen LogP contribution in [0.25, 0.3) is 22.4 Å². The van der Waals surface area contributed by atoms with Crippen LogP contribution in [0.1, 0.15) is 16.8 Å². The summed E-state index contributed by atoms with van der Waals surface area (Å²) in [6.07, 6.45) is 0.798. The molecule has 0 saturated carbocycles. The molecular weight excluding hydrogens is 380 g/mol. The van der Waals surface area contributed by atoms with Crippen LogP contribution in [-0.4, -0.2) is 34.3 Å². The molecule has 6 nitrogen and oxygen atoms in total. The zero-order valence-corrected chi connectivity index (χ0v) is 16.6. The summed E-state index contributed by atoms with van der Waals surface area (Å²) in [5.41, 5.74) is 3.09. The molecule has 0 saturated heterocycles. The number of nitrogens with zero attached hydrogens (tertiary/aromatic N) is 2. The number of benzene rings is 3. The lowest BCUT2D eigenvalue weighted by molar-refractivity contribution is 0.0697. The number of ether oxygens (including phenoxy) is 2. The molecule has 3 aromatic carbocycles. The molecule has 30 heavy (non-hydrogen) atoms. The first-order valence-electron chi connectivity index (χ1n) is 9.71. The van der Waals surface area contributed by atoms with Crippen LogP contribution >= 0.6 is 0 Å². The summed E-state index contributed by atoms with van der Waals surface area (Å²) in [7, 11) is 1.64. The zero-order valence-electron chi connectivity index (χ0n) is 16.6. The topological polar surface area (TPSA) is 73.6 Å². The van der Waals surface area contributed by atoms with Crippen molar-refractivity contribution >= 4 is 17.0 Å². The molecule has 0 atom stereocenters. The van der Waals surface area contributed by atoms with Crippen molar-refractivity contribution in [1.82, 2.24) is 9.55 Å². The molecule has 4 rings (SSSR count). The average Bonchev–Trinajstić information content (AvgIpc) is 3.16. The summed E-state index contributed by atoms with van der Waals surface area (Å²) in [4.78, 5) is 15.9. The molecule has 1 N–H and O–H groups in total. The van der Waals surface area contributed by atoms with Crippen LogP contribution in [0.4, 0.5) is 0 Å². The Morgan fingerprint density at radius 2 is 1.67 bits per heavy atom. The third-order valence-electron chi connectivity index (χ3n) is 4.90. The number of methoxy groups -OCH3 is 1. The summed E-state index contributed by atoms with van der Waals surface area (Å²) in [6, 6.07) is 22.3. The second-order valence-electron chi connectivity index (χ2n) is 6.84. The Morgan fingerprint density at radius 3 is 2.37 bits per heavy atom. The van der Waals surface area contributed by atoms with E-state index in [1.165, 1.54) is 0 Å². The molecule has 152 valence electrons. The summed E-state index contributed by atoms with van der Waals surface area (Å²) in [5, 5.41) is 9.14. The maximum absolute atomic E-state index is 11.1. The number of rotatable bonds is 8. The van der Waals surface area contributed by atoms with Crippen molar-refractivity contribution in [1.29, 1.82) is 0 Å². The van der Waals surface area contributed by atoms with Crippen molar-refractivity contribution < 1.29 is 19.4 Å². The number of para-hydroxylation sites is 2. The van der Waals surface area contributed by atoms with Crippen LogP contribution in [0.15, 0.2) is 72.8 Å². The van der Waals surface area contributed by atoms with Crippen LogP contribution in [0.2, 0.25) is 0 Å². The van der Waals surface area contributed by atoms with E-state index in [1.54, 1.807) is 31.4 Å². The Kier molecular flexibility index (Phi) is 5.66. The largest absolute Gasteiger partial charge is 0.497 e. The maximum atomic E-state index is 11.1. The number of carbonyl (C=O) groups is 1. The Balaban J connectivity index is 1.52. The second-order valence-corrected chi connectivity index (χ2v) is 6.84. The van der Waals surface area contributed by atoms with Gasteiger partial charge in [0.15, 0.2) is 0 Å². The first kappa shape index (κ1) is 19.5. The van der Waals surface area contributed by atoms with E-state index in [0.29, 0.717) is 6.61 Å². The molecule has 1 aromatic heterocycles. The fourth-order valence-electron chi connectivity index (χ4n) is 3.37. The number of carboxylic acid groups (broad SMARTS) is 1. The smallest absolute Gasteiger partial charge is 0.335 e. The quantitative estimate of drug-likeness (QED) is 0.425. The van der Waals surface area contributed by atoms with Crippen LogP contribution in [0, 0.1) is 0 Å². The van der Waals surface area contributed by atoms with Gasteiger partial charge in [-0.2, -0.15) is 0 Å². The van der Waals surface area contributed by atoms with Gasteiger partial charge in [-0.15, -0.1) is 0 Å². The molecular formula is C24H22N2O4. The van der Waals surface area contributed by atoms with Gasteiger partial charge in [-0.05, 0) is 55.0 Å². The lowest BCUT2D eigenvalue weighted by Crippen LogP contribution is -2.06. The van der Waals surface area contributed by atoms with Gasteiger partial charge < -0.3 is 19.1 Å². The number of imidazole rings is 1. The van der Waals surface area contributed by atoms with Gasteiger partial charge in [-0.1, -0.05) is 24.3 Å². The van der Waals surface area contributed by atoms with Crippen molar-refractivity contribution in [2.24, 2.45) is 0 Å². The van der Waals surface area contributed by atoms with Crippen LogP contribution in [0.3, 0.4) is 0 Å². The molecule has 0 aliphatic carbocycles. The van der Waals surface area contributed by atoms with E-state index in [-0.39, 0.29) is 5.56 Å². The van der Waals surface area contributed by atoms with Crippen molar-refractivity contribution in [3.63, 3.8) is 0 Å². The van der Waals surface area contributed by atoms with Crippen LogP contribution < -0.4 is 9.47 Å². The normalized spacial score (nSPS) is 10.8. The Morgan fingerprint density at radius 1 is 0.967 bits per heavy atom. The van der Waals surface area contributed by atoms with Gasteiger partial charge >= 0.3 is 5.97 Å². The number of aromatic nitrogens is 2. The highest BCUT2D eigenvalue weighted by Gasteiger charge is 2.13. The molecule has 0 aliphatic rings. The van der Waals surface area contributed by atoms with E-state index >= 15 is 0 Å². The SMILES string of the molecule is COc1ccc(OCCCn2c(-c3ccc(C(=O)O)cc3)nc3ccccc32)cc1. The number of aromatic carboxylic acids is 1. The summed E-state index contributed by atoms with van der Waals surface area (Å²) < 4.78 is 13.2. The van der Waals surface area contributed by atoms with E-state index in [2.05, 4.69) is 4.57 Å². The number of carboxylic acids is 1. The average molecular weight is 402 g/mol. The van der Waals surface area contributed by atoms with Gasteiger partial charge in [0.05, 0.1) is 30.3 Å². The summed E-state index contributed by atoms with van der Waals surface area (Å²) in [5.74, 6) is 1.48. The second kappa shape index (κ2) is 8.69. The van der Waals surface area contributed by atoms with Gasteiger partial charge in [0.2, 0.25) is 0 Å². The van der Waals surface area contributed by atoms with Crippen LogP contribution in [-0.2, 0) is 6.54 Å². The minimum absolute atomic E-state index is 0.259. The first-order valence-corrected chi connectivity index (χ1v) is 9.71. The van der Waals surface area contributed by atoms with Gasteiger partial charge in [0.25, 0.3) is 0 Å². The van der Waals surface area contributed by atoms with Crippen molar-refractivity contribution in [2.75, 3.05) is 13.7 Å². The van der Waals surface area contributed by atoms with E-state index in [4.69, 9.17) is 19.6 Å². The Hall–Kier alpha value is -3.80. The minimum Gasteiger partial charge on any atom is -0.497 e. The minimum atomic E-state index is -0.939. The Bertz CT molecular complexity index is 1150. The Labute approximate surface area is 174 Å². The van der Waals surface area contributed by atoms with Gasteiger partial charge in [0.1, 0.15) is 17.3 Å². The van der Waals surface area contributed by atoms with E-state index in [9.17, 15) is 4.79 Å². The number of aryl methyl sites for hydroxylation is 1. The highest BCUT2D eigenvalue weighted by atomic mass is 16.5. The zero-order chi connectivity index (χ0) is 20.9. The van der Waals surface area contributed by atoms with Crippen molar-refractivity contribution in [3.05, 3.63) is 78.4 Å². The van der Waals surface area contributed by atoms with E-state index in [1.807, 2.05) is 48.5 Å². The molecule has 0 amide bonds. The summed E-state index contributed by atoms with van der Waals surface area (Å²) in [6.45, 7) is 1.29. The molecule has 0 bridgehead atoms. The lowest BCUT2D eigenvalue weighted by Gasteiger charge is -2.11. The van der Waals surface area contributed by atoms with Gasteiger partial charge in [0, 0.05) is 12.1 Å². The number of hydrogen-bond donors (Lipinski definition) is 1. The monoisotopic (exact) mass is 402 g/mol. The highest BCUT2D eigenvalue weighted by Crippen LogP contribution is 2.26. The predicted octanol–water partition coefficient (Wildman–Crippen LogP) is 4.88. The molecule has 4 aromatic rings. The molecule has 1 heterocycles. The molecule has 0 aliphatic heterocycles. The predicted molar refractivity (Wildman–Crippen MR) is 115 cm³/mol. The van der Waals surface area contributed by atoms with Crippen molar-refractivity contribution in [2.45, 2.75) is 13.0 Å². The number of hydrogen-bond acceptors (Lipinski definition) is 4. The van der Waals surface area contributed by atoms with Crippen LogP contribution in [0.5, 0.6) is 11.5 Å². The standard InChI is InChI=1S/C24H22N2O4/c1-29-19-11-13-20(14-12-19)30-16-4-15-26-22-6-3-2-5-21(22)25-23(26)17-7-9-18(10-8-17)24(27)28/h2-3,5-14H,4,15-16H2,1H3,(H,27,28). The molecule has 0 radical (unpaired) electrons. The highest BCUT2D eigenvalue weighted by molar-refractivity contribution is 5.88. The molecule has 0 spiro atoms. The fourth-order valence-corrected chi connectivity index (χ4v) is 3.37.